The summed E-state index contributed by atoms with van der Waals surface area (Å²) in [5.41, 5.74) is 0.636. The van der Waals surface area contributed by atoms with Gasteiger partial charge in [0, 0.05) is 18.3 Å². The van der Waals surface area contributed by atoms with Gasteiger partial charge < -0.3 is 24.3 Å². The SMILES string of the molecule is C=CCn1c(S[C@H](C)C(=O)Nc2ccc3c(c2)OCO3)nnc1[C@H]1COc2ccccc2O1. The lowest BCUT2D eigenvalue weighted by Crippen LogP contribution is -2.25. The van der Waals surface area contributed by atoms with Gasteiger partial charge in [-0.3, -0.25) is 9.36 Å². The third kappa shape index (κ3) is 4.34. The van der Waals surface area contributed by atoms with Gasteiger partial charge in [0.05, 0.1) is 5.25 Å². The molecule has 0 saturated heterocycles. The summed E-state index contributed by atoms with van der Waals surface area (Å²) in [6.07, 6.45) is 1.34. The van der Waals surface area contributed by atoms with Crippen molar-refractivity contribution in [1.82, 2.24) is 14.8 Å². The van der Waals surface area contributed by atoms with Crippen molar-refractivity contribution in [3.05, 3.63) is 60.9 Å². The average molecular weight is 467 g/mol. The molecule has 2 aliphatic heterocycles. The third-order valence-electron chi connectivity index (χ3n) is 5.15. The second-order valence-corrected chi connectivity index (χ2v) is 8.73. The molecule has 5 rings (SSSR count). The highest BCUT2D eigenvalue weighted by Gasteiger charge is 2.29. The first-order chi connectivity index (χ1) is 16.1. The lowest BCUT2D eigenvalue weighted by molar-refractivity contribution is -0.115. The van der Waals surface area contributed by atoms with E-state index in [0.29, 0.717) is 52.8 Å². The summed E-state index contributed by atoms with van der Waals surface area (Å²) < 4.78 is 24.5. The second-order valence-electron chi connectivity index (χ2n) is 7.42. The maximum Gasteiger partial charge on any atom is 0.237 e. The molecule has 0 unspecified atom stereocenters. The Labute approximate surface area is 194 Å². The van der Waals surface area contributed by atoms with Crippen molar-refractivity contribution >= 4 is 23.4 Å². The Bertz CT molecular complexity index is 1200. The molecule has 0 spiro atoms. The molecule has 2 atom stereocenters. The molecule has 0 radical (unpaired) electrons. The number of hydrogen-bond donors (Lipinski definition) is 1. The zero-order valence-electron chi connectivity index (χ0n) is 17.9. The number of thioether (sulfide) groups is 1. The first-order valence-electron chi connectivity index (χ1n) is 10.4. The van der Waals surface area contributed by atoms with Gasteiger partial charge in [-0.1, -0.05) is 30.0 Å². The normalized spacial score (nSPS) is 16.8. The summed E-state index contributed by atoms with van der Waals surface area (Å²) in [6.45, 7) is 6.63. The van der Waals surface area contributed by atoms with Crippen molar-refractivity contribution in [3.63, 3.8) is 0 Å². The highest BCUT2D eigenvalue weighted by atomic mass is 32.2. The smallest absolute Gasteiger partial charge is 0.237 e. The molecule has 3 heterocycles. The van der Waals surface area contributed by atoms with Gasteiger partial charge in [0.1, 0.15) is 6.61 Å². The Morgan fingerprint density at radius 2 is 1.97 bits per heavy atom. The van der Waals surface area contributed by atoms with Crippen LogP contribution in [0.4, 0.5) is 5.69 Å². The van der Waals surface area contributed by atoms with Gasteiger partial charge in [0.25, 0.3) is 0 Å². The van der Waals surface area contributed by atoms with Crippen LogP contribution in [0.5, 0.6) is 23.0 Å². The van der Waals surface area contributed by atoms with E-state index in [4.69, 9.17) is 18.9 Å². The van der Waals surface area contributed by atoms with Crippen LogP contribution in [0.15, 0.2) is 60.3 Å². The molecule has 0 aliphatic carbocycles. The average Bonchev–Trinajstić information content (AvgIpc) is 3.46. The predicted octanol–water partition coefficient (Wildman–Crippen LogP) is 3.82. The minimum absolute atomic E-state index is 0.167. The maximum atomic E-state index is 12.8. The van der Waals surface area contributed by atoms with Crippen molar-refractivity contribution < 1.29 is 23.7 Å². The van der Waals surface area contributed by atoms with Crippen molar-refractivity contribution in [1.29, 1.82) is 0 Å². The van der Waals surface area contributed by atoms with E-state index >= 15 is 0 Å². The molecule has 0 saturated carbocycles. The second kappa shape index (κ2) is 9.07. The number of aromatic nitrogens is 3. The van der Waals surface area contributed by atoms with Gasteiger partial charge in [0.15, 0.2) is 40.1 Å². The summed E-state index contributed by atoms with van der Waals surface area (Å²) in [5.74, 6) is 3.09. The van der Waals surface area contributed by atoms with Crippen molar-refractivity contribution in [2.75, 3.05) is 18.7 Å². The number of benzene rings is 2. The van der Waals surface area contributed by atoms with Crippen LogP contribution in [-0.2, 0) is 11.3 Å². The van der Waals surface area contributed by atoms with E-state index in [2.05, 4.69) is 22.1 Å². The number of carbonyl (C=O) groups is 1. The molecule has 10 heteroatoms. The standard InChI is InChI=1S/C23H22N4O5S/c1-3-10-27-21(20-12-29-16-6-4-5-7-18(16)32-20)25-26-23(27)33-14(2)22(28)24-15-8-9-17-19(11-15)31-13-30-17/h3-9,11,14,20H,1,10,12-13H2,2H3,(H,24,28)/t14-,20-/m1/s1. The molecule has 2 aromatic carbocycles. The first-order valence-corrected chi connectivity index (χ1v) is 11.3. The fourth-order valence-corrected chi connectivity index (χ4v) is 4.37. The van der Waals surface area contributed by atoms with Crippen LogP contribution in [0.1, 0.15) is 18.9 Å². The minimum atomic E-state index is -0.430. The van der Waals surface area contributed by atoms with E-state index in [1.807, 2.05) is 35.8 Å². The number of nitrogens with one attached hydrogen (secondary N) is 1. The summed E-state index contributed by atoms with van der Waals surface area (Å²) in [6, 6.07) is 12.8. The molecule has 0 fully saturated rings. The minimum Gasteiger partial charge on any atom is -0.485 e. The number of fused-ring (bicyclic) bond motifs is 2. The number of allylic oxidation sites excluding steroid dienone is 1. The Morgan fingerprint density at radius 1 is 1.18 bits per heavy atom. The number of anilines is 1. The van der Waals surface area contributed by atoms with E-state index in [0.717, 1.165) is 0 Å². The number of amides is 1. The van der Waals surface area contributed by atoms with Gasteiger partial charge in [-0.05, 0) is 31.2 Å². The van der Waals surface area contributed by atoms with Gasteiger partial charge in [-0.2, -0.15) is 0 Å². The number of nitrogens with zero attached hydrogens (tertiary/aromatic N) is 3. The maximum absolute atomic E-state index is 12.8. The van der Waals surface area contributed by atoms with E-state index in [1.165, 1.54) is 11.8 Å². The molecule has 2 aliphatic rings. The monoisotopic (exact) mass is 466 g/mol. The number of rotatable bonds is 7. The summed E-state index contributed by atoms with van der Waals surface area (Å²) in [5, 5.41) is 11.7. The van der Waals surface area contributed by atoms with Gasteiger partial charge in [-0.25, -0.2) is 0 Å². The lowest BCUT2D eigenvalue weighted by atomic mass is 10.2. The zero-order valence-corrected chi connectivity index (χ0v) is 18.7. The van der Waals surface area contributed by atoms with Gasteiger partial charge >= 0.3 is 0 Å². The zero-order chi connectivity index (χ0) is 22.8. The fourth-order valence-electron chi connectivity index (χ4n) is 3.50. The third-order valence-corrected chi connectivity index (χ3v) is 6.23. The molecule has 9 nitrogen and oxygen atoms in total. The van der Waals surface area contributed by atoms with Crippen LogP contribution < -0.4 is 24.3 Å². The van der Waals surface area contributed by atoms with Crippen molar-refractivity contribution in [2.45, 2.75) is 30.0 Å². The van der Waals surface area contributed by atoms with Crippen LogP contribution >= 0.6 is 11.8 Å². The molecule has 170 valence electrons. The van der Waals surface area contributed by atoms with Crippen LogP contribution in [0, 0.1) is 0 Å². The Balaban J connectivity index is 1.29. The van der Waals surface area contributed by atoms with E-state index in [1.54, 1.807) is 24.3 Å². The van der Waals surface area contributed by atoms with Crippen LogP contribution in [0.2, 0.25) is 0 Å². The van der Waals surface area contributed by atoms with Crippen molar-refractivity contribution in [2.24, 2.45) is 0 Å². The molecule has 1 amide bonds. The molecule has 0 bridgehead atoms. The van der Waals surface area contributed by atoms with E-state index in [9.17, 15) is 4.79 Å². The number of hydrogen-bond acceptors (Lipinski definition) is 8. The Morgan fingerprint density at radius 3 is 2.82 bits per heavy atom. The highest BCUT2D eigenvalue weighted by molar-refractivity contribution is 8.00. The topological polar surface area (TPSA) is 96.7 Å². The van der Waals surface area contributed by atoms with E-state index in [-0.39, 0.29) is 12.7 Å². The highest BCUT2D eigenvalue weighted by Crippen LogP contribution is 2.37. The van der Waals surface area contributed by atoms with Crippen molar-refractivity contribution in [3.8, 4) is 23.0 Å². The first kappa shape index (κ1) is 21.2. The van der Waals surface area contributed by atoms with E-state index < -0.39 is 11.4 Å². The number of para-hydroxylation sites is 2. The van der Waals surface area contributed by atoms with Gasteiger partial charge in [0.2, 0.25) is 12.7 Å². The molecular weight excluding hydrogens is 444 g/mol. The number of carbonyl (C=O) groups excluding carboxylic acids is 1. The fraction of sp³-hybridized carbons (Fsp3) is 0.261. The van der Waals surface area contributed by atoms with Crippen LogP contribution in [0.25, 0.3) is 0 Å². The van der Waals surface area contributed by atoms with Crippen LogP contribution in [-0.4, -0.2) is 39.3 Å². The predicted molar refractivity (Wildman–Crippen MR) is 122 cm³/mol. The van der Waals surface area contributed by atoms with Crippen LogP contribution in [0.3, 0.4) is 0 Å². The molecule has 33 heavy (non-hydrogen) atoms. The van der Waals surface area contributed by atoms with Gasteiger partial charge in [-0.15, -0.1) is 16.8 Å². The summed E-state index contributed by atoms with van der Waals surface area (Å²) in [7, 11) is 0. The molecule has 1 aromatic heterocycles. The number of ether oxygens (including phenoxy) is 4. The summed E-state index contributed by atoms with van der Waals surface area (Å²) in [4.78, 5) is 12.8. The Kier molecular flexibility index (Phi) is 5.82. The Hall–Kier alpha value is -3.66. The molecule has 3 aromatic rings. The summed E-state index contributed by atoms with van der Waals surface area (Å²) >= 11 is 1.31. The lowest BCUT2D eigenvalue weighted by Gasteiger charge is -2.26. The quantitative estimate of drug-likeness (QED) is 0.415. The largest absolute Gasteiger partial charge is 0.485 e. The molecular formula is C23H22N4O5S. The molecule has 1 N–H and O–H groups in total.